The lowest BCUT2D eigenvalue weighted by Gasteiger charge is -2.25. The number of nitrogens with zero attached hydrogens (tertiary/aromatic N) is 1. The zero-order valence-electron chi connectivity index (χ0n) is 13.2. The van der Waals surface area contributed by atoms with Gasteiger partial charge >= 0.3 is 0 Å². The van der Waals surface area contributed by atoms with E-state index < -0.39 is 0 Å². The van der Waals surface area contributed by atoms with Crippen LogP contribution in [-0.2, 0) is 4.79 Å². The zero-order chi connectivity index (χ0) is 16.2. The van der Waals surface area contributed by atoms with Crippen molar-refractivity contribution in [1.29, 1.82) is 0 Å². The van der Waals surface area contributed by atoms with E-state index in [1.54, 1.807) is 13.0 Å². The normalized spacial score (nSPS) is 13.6. The number of rotatable bonds is 6. The number of aliphatic hydroxyl groups excluding tert-OH is 1. The monoisotopic (exact) mass is 302 g/mol. The maximum absolute atomic E-state index is 11.8. The second-order valence-corrected chi connectivity index (χ2v) is 6.29. The Hall–Kier alpha value is -2.14. The van der Waals surface area contributed by atoms with Crippen LogP contribution in [0.15, 0.2) is 34.8 Å². The molecule has 2 rings (SSSR count). The third-order valence-electron chi connectivity index (χ3n) is 3.28. The number of aromatic nitrogens is 1. The topological polar surface area (TPSA) is 75.4 Å². The molecule has 1 heterocycles. The van der Waals surface area contributed by atoms with Crippen molar-refractivity contribution in [3.8, 4) is 0 Å². The van der Waals surface area contributed by atoms with Crippen molar-refractivity contribution in [2.75, 3.05) is 6.54 Å². The van der Waals surface area contributed by atoms with Gasteiger partial charge in [-0.05, 0) is 30.9 Å². The SMILES string of the molecule is CC(O)CC(C)(C)CNC(=O)C=Cc1nc2ccccc2o1. The van der Waals surface area contributed by atoms with Crippen LogP contribution in [0.4, 0.5) is 0 Å². The number of benzene rings is 1. The first-order valence-corrected chi connectivity index (χ1v) is 7.35. The van der Waals surface area contributed by atoms with E-state index in [9.17, 15) is 9.90 Å². The van der Waals surface area contributed by atoms with Crippen LogP contribution in [0.3, 0.4) is 0 Å². The highest BCUT2D eigenvalue weighted by molar-refractivity contribution is 5.91. The standard InChI is InChI=1S/C17H22N2O3/c1-12(20)10-17(2,3)11-18-15(21)8-9-16-19-13-6-4-5-7-14(13)22-16/h4-9,12,20H,10-11H2,1-3H3,(H,18,21). The molecular formula is C17H22N2O3. The minimum atomic E-state index is -0.387. The van der Waals surface area contributed by atoms with E-state index in [1.165, 1.54) is 6.08 Å². The zero-order valence-corrected chi connectivity index (χ0v) is 13.2. The quantitative estimate of drug-likeness (QED) is 0.805. The Kier molecular flexibility index (Phi) is 4.98. The van der Waals surface area contributed by atoms with Gasteiger partial charge in [-0.3, -0.25) is 4.79 Å². The van der Waals surface area contributed by atoms with Crippen LogP contribution in [0, 0.1) is 5.41 Å². The van der Waals surface area contributed by atoms with Gasteiger partial charge in [-0.15, -0.1) is 0 Å². The van der Waals surface area contributed by atoms with E-state index in [-0.39, 0.29) is 17.4 Å². The van der Waals surface area contributed by atoms with Gasteiger partial charge in [0, 0.05) is 18.7 Å². The molecule has 1 unspecified atom stereocenters. The average molecular weight is 302 g/mol. The number of carbonyl (C=O) groups is 1. The molecule has 1 atom stereocenters. The first kappa shape index (κ1) is 16.2. The lowest BCUT2D eigenvalue weighted by atomic mass is 9.87. The van der Waals surface area contributed by atoms with Crippen molar-refractivity contribution in [2.45, 2.75) is 33.3 Å². The van der Waals surface area contributed by atoms with Crippen LogP contribution in [0.1, 0.15) is 33.1 Å². The Labute approximate surface area is 130 Å². The molecule has 0 spiro atoms. The second-order valence-electron chi connectivity index (χ2n) is 6.29. The molecule has 0 aliphatic carbocycles. The summed E-state index contributed by atoms with van der Waals surface area (Å²) in [5.74, 6) is 0.195. The van der Waals surface area contributed by atoms with Gasteiger partial charge in [-0.25, -0.2) is 4.98 Å². The molecule has 0 saturated heterocycles. The molecule has 0 saturated carbocycles. The van der Waals surface area contributed by atoms with Gasteiger partial charge in [0.25, 0.3) is 0 Å². The van der Waals surface area contributed by atoms with Gasteiger partial charge < -0.3 is 14.8 Å². The molecule has 5 heteroatoms. The third-order valence-corrected chi connectivity index (χ3v) is 3.28. The lowest BCUT2D eigenvalue weighted by Crippen LogP contribution is -2.34. The molecule has 1 aromatic heterocycles. The summed E-state index contributed by atoms with van der Waals surface area (Å²) >= 11 is 0. The molecule has 0 fully saturated rings. The summed E-state index contributed by atoms with van der Waals surface area (Å²) in [5.41, 5.74) is 1.30. The maximum Gasteiger partial charge on any atom is 0.244 e. The summed E-state index contributed by atoms with van der Waals surface area (Å²) in [6.45, 7) is 6.25. The summed E-state index contributed by atoms with van der Waals surface area (Å²) in [6.07, 6.45) is 3.20. The van der Waals surface area contributed by atoms with E-state index in [0.717, 1.165) is 5.52 Å². The molecule has 22 heavy (non-hydrogen) atoms. The smallest absolute Gasteiger partial charge is 0.244 e. The van der Waals surface area contributed by atoms with Crippen molar-refractivity contribution >= 4 is 23.1 Å². The molecular weight excluding hydrogens is 280 g/mol. The third kappa shape index (κ3) is 4.70. The number of amides is 1. The van der Waals surface area contributed by atoms with E-state index >= 15 is 0 Å². The molecule has 118 valence electrons. The van der Waals surface area contributed by atoms with Crippen LogP contribution < -0.4 is 5.32 Å². The van der Waals surface area contributed by atoms with E-state index in [4.69, 9.17) is 4.42 Å². The van der Waals surface area contributed by atoms with Gasteiger partial charge in [0.1, 0.15) is 5.52 Å². The minimum absolute atomic E-state index is 0.157. The fraction of sp³-hybridized carbons (Fsp3) is 0.412. The van der Waals surface area contributed by atoms with Gasteiger partial charge in [0.2, 0.25) is 11.8 Å². The van der Waals surface area contributed by atoms with Gasteiger partial charge in [0.15, 0.2) is 5.58 Å². The lowest BCUT2D eigenvalue weighted by molar-refractivity contribution is -0.117. The van der Waals surface area contributed by atoms with Crippen molar-refractivity contribution in [1.82, 2.24) is 10.3 Å². The Balaban J connectivity index is 1.91. The molecule has 0 aliphatic rings. The Bertz CT molecular complexity index is 638. The van der Waals surface area contributed by atoms with E-state index in [2.05, 4.69) is 10.3 Å². The van der Waals surface area contributed by atoms with Crippen molar-refractivity contribution in [3.63, 3.8) is 0 Å². The van der Waals surface area contributed by atoms with Crippen LogP contribution in [0.2, 0.25) is 0 Å². The van der Waals surface area contributed by atoms with Crippen LogP contribution in [0.25, 0.3) is 17.2 Å². The minimum Gasteiger partial charge on any atom is -0.437 e. The Morgan fingerprint density at radius 3 is 2.86 bits per heavy atom. The van der Waals surface area contributed by atoms with Crippen LogP contribution >= 0.6 is 0 Å². The first-order valence-electron chi connectivity index (χ1n) is 7.35. The summed E-state index contributed by atoms with van der Waals surface area (Å²) in [4.78, 5) is 16.1. The highest BCUT2D eigenvalue weighted by Gasteiger charge is 2.20. The predicted molar refractivity (Wildman–Crippen MR) is 86.1 cm³/mol. The second kappa shape index (κ2) is 6.75. The van der Waals surface area contributed by atoms with E-state index in [1.807, 2.05) is 38.1 Å². The molecule has 5 nitrogen and oxygen atoms in total. The summed E-state index contributed by atoms with van der Waals surface area (Å²) in [7, 11) is 0. The fourth-order valence-electron chi connectivity index (χ4n) is 2.37. The maximum atomic E-state index is 11.8. The summed E-state index contributed by atoms with van der Waals surface area (Å²) in [6, 6.07) is 7.44. The number of hydrogen-bond donors (Lipinski definition) is 2. The number of para-hydroxylation sites is 2. The predicted octanol–water partition coefficient (Wildman–Crippen LogP) is 2.75. The molecule has 1 aromatic carbocycles. The highest BCUT2D eigenvalue weighted by atomic mass is 16.3. The van der Waals surface area contributed by atoms with Crippen molar-refractivity contribution in [3.05, 3.63) is 36.2 Å². The van der Waals surface area contributed by atoms with Crippen molar-refractivity contribution < 1.29 is 14.3 Å². The molecule has 1 amide bonds. The number of oxazole rings is 1. The number of hydrogen-bond acceptors (Lipinski definition) is 4. The molecule has 2 aromatic rings. The molecule has 0 radical (unpaired) electrons. The molecule has 2 N–H and O–H groups in total. The Morgan fingerprint density at radius 2 is 2.18 bits per heavy atom. The number of carbonyl (C=O) groups excluding carboxylic acids is 1. The summed E-state index contributed by atoms with van der Waals surface area (Å²) in [5, 5.41) is 12.3. The number of nitrogens with one attached hydrogen (secondary N) is 1. The largest absolute Gasteiger partial charge is 0.437 e. The van der Waals surface area contributed by atoms with Gasteiger partial charge in [-0.1, -0.05) is 26.0 Å². The van der Waals surface area contributed by atoms with Crippen molar-refractivity contribution in [2.24, 2.45) is 5.41 Å². The molecule has 0 bridgehead atoms. The van der Waals surface area contributed by atoms with Gasteiger partial charge in [0.05, 0.1) is 6.10 Å². The van der Waals surface area contributed by atoms with E-state index in [0.29, 0.717) is 24.4 Å². The van der Waals surface area contributed by atoms with Crippen LogP contribution in [-0.4, -0.2) is 28.6 Å². The fourth-order valence-corrected chi connectivity index (χ4v) is 2.37. The first-order chi connectivity index (χ1) is 10.4. The average Bonchev–Trinajstić information content (AvgIpc) is 2.84. The Morgan fingerprint density at radius 1 is 1.45 bits per heavy atom. The summed E-state index contributed by atoms with van der Waals surface area (Å²) < 4.78 is 5.51. The van der Waals surface area contributed by atoms with Gasteiger partial charge in [-0.2, -0.15) is 0 Å². The number of fused-ring (bicyclic) bond motifs is 1. The van der Waals surface area contributed by atoms with Crippen LogP contribution in [0.5, 0.6) is 0 Å². The number of aliphatic hydroxyl groups is 1. The highest BCUT2D eigenvalue weighted by Crippen LogP contribution is 2.21. The molecule has 0 aliphatic heterocycles.